The highest BCUT2D eigenvalue weighted by molar-refractivity contribution is 6.19. The lowest BCUT2D eigenvalue weighted by Crippen LogP contribution is -2.61. The smallest absolute Gasteiger partial charge is 0.256 e. The quantitative estimate of drug-likeness (QED) is 0.593. The lowest BCUT2D eigenvalue weighted by atomic mass is 9.48. The molecule has 4 heteroatoms. The maximum atomic E-state index is 13.3. The average Bonchev–Trinajstić information content (AvgIpc) is 3.01. The first-order valence-electron chi connectivity index (χ1n) is 12.6. The van der Waals surface area contributed by atoms with E-state index < -0.39 is 0 Å². The maximum absolute atomic E-state index is 13.3. The monoisotopic (exact) mass is 428 g/mol. The largest absolute Gasteiger partial charge is 0.348 e. The van der Waals surface area contributed by atoms with Crippen LogP contribution in [0, 0.1) is 34.0 Å². The number of carbonyl (C=O) groups excluding carboxylic acids is 2. The number of amides is 2. The predicted octanol–water partition coefficient (Wildman–Crippen LogP) is 5.37. The molecule has 1 aliphatic heterocycles. The summed E-state index contributed by atoms with van der Waals surface area (Å²) >= 11 is 0. The molecule has 0 radical (unpaired) electrons. The molecule has 2 amide bonds. The van der Waals surface area contributed by atoms with E-state index in [1.165, 1.54) is 38.5 Å². The van der Waals surface area contributed by atoms with Crippen LogP contribution in [0.5, 0.6) is 0 Å². The summed E-state index contributed by atoms with van der Waals surface area (Å²) in [6.45, 7) is 15.5. The Hall–Kier alpha value is -1.32. The number of rotatable bonds is 3. The van der Waals surface area contributed by atoms with Crippen LogP contribution in [0.2, 0.25) is 0 Å². The number of nitrogens with one attached hydrogen (secondary N) is 2. The van der Waals surface area contributed by atoms with Gasteiger partial charge in [0, 0.05) is 17.0 Å². The Morgan fingerprint density at radius 3 is 2.45 bits per heavy atom. The second-order valence-electron chi connectivity index (χ2n) is 13.6. The minimum absolute atomic E-state index is 0.101. The molecule has 2 N–H and O–H groups in total. The van der Waals surface area contributed by atoms with Crippen LogP contribution in [0.3, 0.4) is 0 Å². The molecule has 0 aromatic rings. The van der Waals surface area contributed by atoms with Gasteiger partial charge in [0.25, 0.3) is 11.8 Å². The van der Waals surface area contributed by atoms with Crippen LogP contribution >= 0.6 is 0 Å². The van der Waals surface area contributed by atoms with Gasteiger partial charge in [-0.3, -0.25) is 9.59 Å². The van der Waals surface area contributed by atoms with Crippen LogP contribution in [0.1, 0.15) is 99.8 Å². The minimum atomic E-state index is -0.361. The van der Waals surface area contributed by atoms with Crippen molar-refractivity contribution in [2.75, 3.05) is 0 Å². The van der Waals surface area contributed by atoms with Crippen molar-refractivity contribution in [1.29, 1.82) is 0 Å². The molecule has 0 bridgehead atoms. The molecule has 174 valence electrons. The van der Waals surface area contributed by atoms with Gasteiger partial charge in [0.2, 0.25) is 0 Å². The summed E-state index contributed by atoms with van der Waals surface area (Å²) in [5, 5.41) is 6.43. The van der Waals surface area contributed by atoms with Crippen molar-refractivity contribution in [3.05, 3.63) is 11.6 Å². The molecule has 1 unspecified atom stereocenters. The summed E-state index contributed by atoms with van der Waals surface area (Å²) in [7, 11) is 0. The number of hydrogen-bond donors (Lipinski definition) is 2. The molecule has 4 aliphatic rings. The minimum Gasteiger partial charge on any atom is -0.348 e. The van der Waals surface area contributed by atoms with E-state index in [1.807, 2.05) is 0 Å². The Labute approximate surface area is 189 Å². The van der Waals surface area contributed by atoms with E-state index in [1.54, 1.807) is 0 Å². The van der Waals surface area contributed by atoms with Crippen LogP contribution < -0.4 is 10.6 Å². The van der Waals surface area contributed by atoms with Crippen LogP contribution in [0.15, 0.2) is 11.6 Å². The molecular formula is C27H44N2O2. The summed E-state index contributed by atoms with van der Waals surface area (Å²) in [6, 6.07) is 0.158. The normalized spacial score (nSPS) is 40.2. The molecule has 6 atom stereocenters. The molecule has 4 nitrogen and oxygen atoms in total. The van der Waals surface area contributed by atoms with Crippen LogP contribution in [0.25, 0.3) is 0 Å². The van der Waals surface area contributed by atoms with Gasteiger partial charge < -0.3 is 10.6 Å². The Balaban J connectivity index is 1.60. The van der Waals surface area contributed by atoms with Gasteiger partial charge in [-0.05, 0) is 87.4 Å². The van der Waals surface area contributed by atoms with Crippen LogP contribution in [-0.4, -0.2) is 23.4 Å². The second-order valence-corrected chi connectivity index (χ2v) is 13.6. The Bertz CT molecular complexity index is 792. The summed E-state index contributed by atoms with van der Waals surface area (Å²) < 4.78 is 0. The van der Waals surface area contributed by atoms with Crippen molar-refractivity contribution in [1.82, 2.24) is 10.6 Å². The van der Waals surface area contributed by atoms with E-state index in [0.29, 0.717) is 16.9 Å². The molecule has 3 fully saturated rings. The van der Waals surface area contributed by atoms with Crippen molar-refractivity contribution in [2.24, 2.45) is 34.0 Å². The van der Waals surface area contributed by atoms with Gasteiger partial charge in [-0.25, -0.2) is 0 Å². The lowest BCUT2D eigenvalue weighted by Gasteiger charge is -2.58. The fourth-order valence-electron chi connectivity index (χ4n) is 8.35. The van der Waals surface area contributed by atoms with Crippen molar-refractivity contribution in [3.63, 3.8) is 0 Å². The summed E-state index contributed by atoms with van der Waals surface area (Å²) in [5.41, 5.74) is 0.468. The molecule has 0 saturated heterocycles. The van der Waals surface area contributed by atoms with Crippen molar-refractivity contribution in [2.45, 2.75) is 111 Å². The Kier molecular flexibility index (Phi) is 5.42. The van der Waals surface area contributed by atoms with Crippen molar-refractivity contribution >= 4 is 11.8 Å². The fraction of sp³-hybridized carbons (Fsp3) is 0.852. The molecule has 0 spiro atoms. The molecule has 3 aliphatic carbocycles. The van der Waals surface area contributed by atoms with Gasteiger partial charge in [-0.15, -0.1) is 0 Å². The zero-order chi connectivity index (χ0) is 22.8. The van der Waals surface area contributed by atoms with Gasteiger partial charge in [-0.2, -0.15) is 0 Å². The topological polar surface area (TPSA) is 58.2 Å². The maximum Gasteiger partial charge on any atom is 0.256 e. The highest BCUT2D eigenvalue weighted by atomic mass is 16.2. The molecule has 4 rings (SSSR count). The third kappa shape index (κ3) is 4.09. The third-order valence-electron chi connectivity index (χ3n) is 9.23. The molecule has 1 heterocycles. The van der Waals surface area contributed by atoms with Gasteiger partial charge in [0.15, 0.2) is 0 Å². The molecule has 3 saturated carbocycles. The zero-order valence-electron chi connectivity index (χ0n) is 20.9. The molecule has 0 aromatic carbocycles. The van der Waals surface area contributed by atoms with E-state index in [-0.39, 0.29) is 34.2 Å². The number of fused-ring (bicyclic) bond motifs is 5. The highest BCUT2D eigenvalue weighted by Crippen LogP contribution is 2.63. The average molecular weight is 429 g/mol. The number of carbonyl (C=O) groups is 2. The lowest BCUT2D eigenvalue weighted by molar-refractivity contribution is -0.128. The summed E-state index contributed by atoms with van der Waals surface area (Å²) in [6.07, 6.45) is 11.8. The van der Waals surface area contributed by atoms with Gasteiger partial charge in [-0.1, -0.05) is 47.1 Å². The Morgan fingerprint density at radius 2 is 1.77 bits per heavy atom. The second kappa shape index (κ2) is 7.35. The predicted molar refractivity (Wildman–Crippen MR) is 125 cm³/mol. The van der Waals surface area contributed by atoms with Gasteiger partial charge >= 0.3 is 0 Å². The SMILES string of the molecule is CC(C)(C)CC(C)(C)NC(=O)C1=C[C@@]2(C)C(CC[C@@H]3[C@H]2CC[C@]2(C)CCC[C@@H]32)NC1=O. The van der Waals surface area contributed by atoms with Crippen LogP contribution in [0.4, 0.5) is 0 Å². The molecular weight excluding hydrogens is 384 g/mol. The van der Waals surface area contributed by atoms with Crippen molar-refractivity contribution in [3.8, 4) is 0 Å². The van der Waals surface area contributed by atoms with E-state index in [2.05, 4.69) is 65.2 Å². The van der Waals surface area contributed by atoms with E-state index in [0.717, 1.165) is 24.7 Å². The summed E-state index contributed by atoms with van der Waals surface area (Å²) in [4.78, 5) is 26.2. The van der Waals surface area contributed by atoms with Gasteiger partial charge in [0.1, 0.15) is 5.57 Å². The Morgan fingerprint density at radius 1 is 1.06 bits per heavy atom. The standard InChI is InChI=1S/C27H44N2O2/c1-24(2,3)16-25(4,5)29-23(31)18-15-27(7)20-12-14-26(6)13-8-9-19(26)17(20)10-11-21(27)28-22(18)30/h15,17,19-21H,8-14,16H2,1-7H3,(H,28,30)(H,29,31)/t17-,19-,20+,21?,26-,27+/m0/s1. The highest BCUT2D eigenvalue weighted by Gasteiger charge is 2.58. The van der Waals surface area contributed by atoms with Gasteiger partial charge in [0.05, 0.1) is 0 Å². The van der Waals surface area contributed by atoms with E-state index in [9.17, 15) is 9.59 Å². The van der Waals surface area contributed by atoms with E-state index >= 15 is 0 Å². The first kappa shape index (κ1) is 22.9. The van der Waals surface area contributed by atoms with Crippen molar-refractivity contribution < 1.29 is 9.59 Å². The molecule has 31 heavy (non-hydrogen) atoms. The zero-order valence-corrected chi connectivity index (χ0v) is 20.9. The third-order valence-corrected chi connectivity index (χ3v) is 9.23. The summed E-state index contributed by atoms with van der Waals surface area (Å²) in [5.74, 6) is 1.71. The first-order valence-corrected chi connectivity index (χ1v) is 12.6. The fourth-order valence-corrected chi connectivity index (χ4v) is 8.35. The van der Waals surface area contributed by atoms with E-state index in [4.69, 9.17) is 0 Å². The van der Waals surface area contributed by atoms with Crippen LogP contribution in [-0.2, 0) is 9.59 Å². The first-order chi connectivity index (χ1) is 14.2. The number of hydrogen-bond acceptors (Lipinski definition) is 2. The molecule has 0 aromatic heterocycles.